The maximum absolute atomic E-state index is 13.0. The first-order chi connectivity index (χ1) is 14.3. The molecule has 30 heavy (non-hydrogen) atoms. The van der Waals surface area contributed by atoms with Crippen LogP contribution in [0.1, 0.15) is 22.4 Å². The molecule has 0 spiro atoms. The molecule has 0 atom stereocenters. The van der Waals surface area contributed by atoms with Crippen LogP contribution < -0.4 is 0 Å². The van der Waals surface area contributed by atoms with Crippen molar-refractivity contribution in [1.82, 2.24) is 4.98 Å². The fraction of sp³-hybridized carbons (Fsp3) is 0.125. The monoisotopic (exact) mass is 409 g/mol. The molecule has 0 saturated carbocycles. The van der Waals surface area contributed by atoms with Crippen molar-refractivity contribution in [3.8, 4) is 11.1 Å². The largest absolute Gasteiger partial charge is 0.481 e. The number of H-pyrrole nitrogens is 1. The fourth-order valence-corrected chi connectivity index (χ4v) is 3.65. The number of hydrogen-bond acceptors (Lipinski definition) is 1. The van der Waals surface area contributed by atoms with Crippen molar-refractivity contribution in [2.45, 2.75) is 19.0 Å². The van der Waals surface area contributed by atoms with Gasteiger partial charge in [0.05, 0.1) is 12.0 Å². The number of aliphatic carboxylic acids is 1. The number of carbonyl (C=O) groups is 1. The van der Waals surface area contributed by atoms with E-state index in [-0.39, 0.29) is 6.42 Å². The standard InChI is InChI=1S/C24H18F3NO2/c25-24(26,27)18-5-3-4-17(13-18)16-10-8-15(9-11-16)12-22-20(14-23(29)30)19-6-1-2-7-21(19)28-22/h1-11,13,28H,12,14H2,(H,29,30). The highest BCUT2D eigenvalue weighted by Gasteiger charge is 2.30. The lowest BCUT2D eigenvalue weighted by Crippen LogP contribution is -2.04. The Hall–Kier alpha value is -3.54. The maximum atomic E-state index is 13.0. The quantitative estimate of drug-likeness (QED) is 0.420. The molecule has 1 aromatic heterocycles. The minimum Gasteiger partial charge on any atom is -0.481 e. The van der Waals surface area contributed by atoms with Crippen molar-refractivity contribution in [2.24, 2.45) is 0 Å². The van der Waals surface area contributed by atoms with Crippen LogP contribution in [0.5, 0.6) is 0 Å². The minimum atomic E-state index is -4.38. The summed E-state index contributed by atoms with van der Waals surface area (Å²) in [6.45, 7) is 0. The Kier molecular flexibility index (Phi) is 5.08. The summed E-state index contributed by atoms with van der Waals surface area (Å²) in [5.41, 5.74) is 3.89. The molecule has 4 aromatic rings. The molecule has 3 aromatic carbocycles. The van der Waals surface area contributed by atoms with Gasteiger partial charge in [-0.1, -0.05) is 54.6 Å². The van der Waals surface area contributed by atoms with Crippen molar-refractivity contribution in [3.63, 3.8) is 0 Å². The lowest BCUT2D eigenvalue weighted by Gasteiger charge is -2.09. The lowest BCUT2D eigenvalue weighted by atomic mass is 9.98. The van der Waals surface area contributed by atoms with E-state index in [4.69, 9.17) is 0 Å². The number of para-hydroxylation sites is 1. The molecule has 0 radical (unpaired) electrons. The van der Waals surface area contributed by atoms with Crippen LogP contribution in [0.4, 0.5) is 13.2 Å². The Morgan fingerprint density at radius 3 is 2.33 bits per heavy atom. The number of aromatic amines is 1. The zero-order valence-electron chi connectivity index (χ0n) is 15.8. The number of alkyl halides is 3. The van der Waals surface area contributed by atoms with Gasteiger partial charge in [-0.3, -0.25) is 4.79 Å². The normalized spacial score (nSPS) is 11.7. The number of carboxylic acid groups (broad SMARTS) is 1. The molecule has 152 valence electrons. The molecule has 3 nitrogen and oxygen atoms in total. The molecule has 2 N–H and O–H groups in total. The molecule has 0 aliphatic rings. The highest BCUT2D eigenvalue weighted by atomic mass is 19.4. The van der Waals surface area contributed by atoms with Crippen molar-refractivity contribution < 1.29 is 23.1 Å². The number of halogens is 3. The Morgan fingerprint density at radius 2 is 1.63 bits per heavy atom. The second kappa shape index (κ2) is 7.71. The van der Waals surface area contributed by atoms with E-state index in [9.17, 15) is 23.1 Å². The number of aromatic nitrogens is 1. The predicted molar refractivity (Wildman–Crippen MR) is 109 cm³/mol. The van der Waals surface area contributed by atoms with Crippen LogP contribution in [0.15, 0.2) is 72.8 Å². The molecule has 0 fully saturated rings. The minimum absolute atomic E-state index is 0.0817. The average Bonchev–Trinajstić information content (AvgIpc) is 3.05. The van der Waals surface area contributed by atoms with Crippen LogP contribution >= 0.6 is 0 Å². The van der Waals surface area contributed by atoms with Crippen molar-refractivity contribution >= 4 is 16.9 Å². The van der Waals surface area contributed by atoms with Crippen molar-refractivity contribution in [3.05, 3.63) is 95.2 Å². The molecule has 0 aliphatic heterocycles. The molecule has 0 amide bonds. The number of carboxylic acids is 1. The summed E-state index contributed by atoms with van der Waals surface area (Å²) in [7, 11) is 0. The first kappa shape index (κ1) is 19.8. The van der Waals surface area contributed by atoms with Gasteiger partial charge in [0.1, 0.15) is 0 Å². The smallest absolute Gasteiger partial charge is 0.416 e. The molecular formula is C24H18F3NO2. The van der Waals surface area contributed by atoms with Crippen LogP contribution in [0.2, 0.25) is 0 Å². The third-order valence-electron chi connectivity index (χ3n) is 5.09. The summed E-state index contributed by atoms with van der Waals surface area (Å²) in [6, 6.07) is 20.1. The van der Waals surface area contributed by atoms with E-state index in [1.165, 1.54) is 6.07 Å². The van der Waals surface area contributed by atoms with E-state index in [1.807, 2.05) is 36.4 Å². The van der Waals surface area contributed by atoms with Gasteiger partial charge < -0.3 is 10.1 Å². The molecule has 1 heterocycles. The summed E-state index contributed by atoms with van der Waals surface area (Å²) < 4.78 is 38.9. The molecular weight excluding hydrogens is 391 g/mol. The van der Waals surface area contributed by atoms with Gasteiger partial charge in [-0.2, -0.15) is 13.2 Å². The highest BCUT2D eigenvalue weighted by molar-refractivity contribution is 5.88. The summed E-state index contributed by atoms with van der Waals surface area (Å²) in [4.78, 5) is 14.6. The van der Waals surface area contributed by atoms with E-state index in [0.717, 1.165) is 39.9 Å². The van der Waals surface area contributed by atoms with E-state index >= 15 is 0 Å². The average molecular weight is 409 g/mol. The zero-order chi connectivity index (χ0) is 21.3. The first-order valence-corrected chi connectivity index (χ1v) is 9.38. The third kappa shape index (κ3) is 4.08. The van der Waals surface area contributed by atoms with Gasteiger partial charge in [-0.15, -0.1) is 0 Å². The third-order valence-corrected chi connectivity index (χ3v) is 5.09. The molecule has 0 unspecified atom stereocenters. The fourth-order valence-electron chi connectivity index (χ4n) is 3.65. The van der Waals surface area contributed by atoms with Crippen LogP contribution in [0.3, 0.4) is 0 Å². The van der Waals surface area contributed by atoms with E-state index < -0.39 is 17.7 Å². The number of rotatable bonds is 5. The van der Waals surface area contributed by atoms with Gasteiger partial charge in [0, 0.05) is 23.0 Å². The highest BCUT2D eigenvalue weighted by Crippen LogP contribution is 2.32. The molecule has 6 heteroatoms. The lowest BCUT2D eigenvalue weighted by molar-refractivity contribution is -0.138. The second-order valence-electron chi connectivity index (χ2n) is 7.15. The molecule has 0 aliphatic carbocycles. The van der Waals surface area contributed by atoms with Gasteiger partial charge in [0.15, 0.2) is 0 Å². The van der Waals surface area contributed by atoms with Crippen LogP contribution in [0, 0.1) is 0 Å². The maximum Gasteiger partial charge on any atom is 0.416 e. The van der Waals surface area contributed by atoms with E-state index in [0.29, 0.717) is 17.5 Å². The topological polar surface area (TPSA) is 53.1 Å². The van der Waals surface area contributed by atoms with Crippen molar-refractivity contribution in [2.75, 3.05) is 0 Å². The Bertz CT molecular complexity index is 1210. The number of fused-ring (bicyclic) bond motifs is 1. The van der Waals surface area contributed by atoms with E-state index in [1.54, 1.807) is 18.2 Å². The van der Waals surface area contributed by atoms with Gasteiger partial charge in [0.2, 0.25) is 0 Å². The van der Waals surface area contributed by atoms with Crippen LogP contribution in [-0.4, -0.2) is 16.1 Å². The zero-order valence-corrected chi connectivity index (χ0v) is 15.8. The van der Waals surface area contributed by atoms with E-state index in [2.05, 4.69) is 4.98 Å². The number of hydrogen-bond donors (Lipinski definition) is 2. The summed E-state index contributed by atoms with van der Waals surface area (Å²) in [6.07, 6.45) is -3.96. The van der Waals surface area contributed by atoms with Crippen LogP contribution in [0.25, 0.3) is 22.0 Å². The summed E-state index contributed by atoms with van der Waals surface area (Å²) in [5.74, 6) is -0.902. The second-order valence-corrected chi connectivity index (χ2v) is 7.15. The molecule has 0 saturated heterocycles. The summed E-state index contributed by atoms with van der Waals surface area (Å²) >= 11 is 0. The van der Waals surface area contributed by atoms with Gasteiger partial charge in [-0.05, 0) is 40.5 Å². The number of nitrogens with one attached hydrogen (secondary N) is 1. The Labute approximate surface area is 170 Å². The molecule has 4 rings (SSSR count). The first-order valence-electron chi connectivity index (χ1n) is 9.38. The van der Waals surface area contributed by atoms with Crippen LogP contribution in [-0.2, 0) is 23.8 Å². The number of benzene rings is 3. The SMILES string of the molecule is O=C(O)Cc1c(Cc2ccc(-c3cccc(C(F)(F)F)c3)cc2)[nH]c2ccccc12. The Balaban J connectivity index is 1.63. The Morgan fingerprint density at radius 1 is 0.900 bits per heavy atom. The molecule has 0 bridgehead atoms. The van der Waals surface area contributed by atoms with Gasteiger partial charge in [-0.25, -0.2) is 0 Å². The summed E-state index contributed by atoms with van der Waals surface area (Å²) in [5, 5.41) is 10.2. The predicted octanol–water partition coefficient (Wildman–Crippen LogP) is 6.07. The van der Waals surface area contributed by atoms with Gasteiger partial charge in [0.25, 0.3) is 0 Å². The van der Waals surface area contributed by atoms with Crippen molar-refractivity contribution in [1.29, 1.82) is 0 Å². The van der Waals surface area contributed by atoms with Gasteiger partial charge >= 0.3 is 12.1 Å².